The van der Waals surface area contributed by atoms with Crippen molar-refractivity contribution < 1.29 is 8.42 Å². The molecule has 0 aromatic heterocycles. The first-order chi connectivity index (χ1) is 7.62. The van der Waals surface area contributed by atoms with Crippen molar-refractivity contribution in [3.63, 3.8) is 0 Å². The average Bonchev–Trinajstić information content (AvgIpc) is 2.72. The van der Waals surface area contributed by atoms with Gasteiger partial charge in [0, 0.05) is 12.0 Å². The molecule has 2 heterocycles. The highest BCUT2D eigenvalue weighted by atomic mass is 32.2. The molecule has 0 aliphatic carbocycles. The fourth-order valence-electron chi connectivity index (χ4n) is 3.15. The van der Waals surface area contributed by atoms with Crippen molar-refractivity contribution in [1.82, 2.24) is 5.32 Å². The molecule has 4 heteroatoms. The van der Waals surface area contributed by atoms with E-state index in [1.54, 1.807) is 0 Å². The van der Waals surface area contributed by atoms with Crippen LogP contribution in [0.1, 0.15) is 5.56 Å². The van der Waals surface area contributed by atoms with E-state index in [9.17, 15) is 8.42 Å². The molecule has 3 rings (SSSR count). The second kappa shape index (κ2) is 3.31. The van der Waals surface area contributed by atoms with E-state index in [0.29, 0.717) is 11.5 Å². The van der Waals surface area contributed by atoms with Crippen LogP contribution in [0, 0.1) is 5.92 Å². The molecule has 0 spiro atoms. The topological polar surface area (TPSA) is 46.2 Å². The first kappa shape index (κ1) is 10.3. The predicted octanol–water partition coefficient (Wildman–Crippen LogP) is 0.572. The van der Waals surface area contributed by atoms with Crippen LogP contribution in [-0.4, -0.2) is 33.0 Å². The third-order valence-corrected chi connectivity index (χ3v) is 5.76. The number of sulfone groups is 1. The first-order valence-electron chi connectivity index (χ1n) is 5.59. The van der Waals surface area contributed by atoms with Gasteiger partial charge >= 0.3 is 0 Å². The summed E-state index contributed by atoms with van der Waals surface area (Å²) in [6.07, 6.45) is 0. The molecule has 0 amide bonds. The lowest BCUT2D eigenvalue weighted by molar-refractivity contribution is 0.437. The zero-order valence-electron chi connectivity index (χ0n) is 9.02. The smallest absolute Gasteiger partial charge is 0.151 e. The maximum absolute atomic E-state index is 11.8. The molecule has 1 aromatic rings. The third-order valence-electron chi connectivity index (χ3n) is 3.89. The molecular formula is C12H15NO2S. The Hall–Kier alpha value is -0.870. The van der Waals surface area contributed by atoms with Crippen LogP contribution in [0.15, 0.2) is 30.3 Å². The Kier molecular flexibility index (Phi) is 2.13. The van der Waals surface area contributed by atoms with E-state index < -0.39 is 9.84 Å². The highest BCUT2D eigenvalue weighted by Crippen LogP contribution is 2.42. The SMILES string of the molecule is O=S1(=O)CC2CNCC2(c2ccccc2)C1. The predicted molar refractivity (Wildman–Crippen MR) is 63.1 cm³/mol. The summed E-state index contributed by atoms with van der Waals surface area (Å²) in [5.41, 5.74) is 1.01. The maximum Gasteiger partial charge on any atom is 0.151 e. The van der Waals surface area contributed by atoms with Gasteiger partial charge < -0.3 is 5.32 Å². The first-order valence-corrected chi connectivity index (χ1v) is 7.41. The Morgan fingerprint density at radius 3 is 2.75 bits per heavy atom. The van der Waals surface area contributed by atoms with Crippen LogP contribution < -0.4 is 5.32 Å². The molecule has 1 aromatic carbocycles. The summed E-state index contributed by atoms with van der Waals surface area (Å²) < 4.78 is 23.6. The summed E-state index contributed by atoms with van der Waals surface area (Å²) in [6, 6.07) is 10.1. The molecule has 2 aliphatic heterocycles. The van der Waals surface area contributed by atoms with Crippen molar-refractivity contribution in [2.24, 2.45) is 5.92 Å². The number of rotatable bonds is 1. The molecule has 2 aliphatic rings. The third kappa shape index (κ3) is 1.40. The summed E-state index contributed by atoms with van der Waals surface area (Å²) in [4.78, 5) is 0. The Morgan fingerprint density at radius 2 is 2.00 bits per heavy atom. The molecule has 0 saturated carbocycles. The van der Waals surface area contributed by atoms with E-state index in [2.05, 4.69) is 17.4 Å². The Morgan fingerprint density at radius 1 is 1.25 bits per heavy atom. The molecule has 16 heavy (non-hydrogen) atoms. The van der Waals surface area contributed by atoms with Crippen molar-refractivity contribution in [3.05, 3.63) is 35.9 Å². The molecule has 2 atom stereocenters. The van der Waals surface area contributed by atoms with Gasteiger partial charge in [-0.3, -0.25) is 0 Å². The number of hydrogen-bond acceptors (Lipinski definition) is 3. The Bertz CT molecular complexity index is 497. The molecular weight excluding hydrogens is 222 g/mol. The molecule has 0 radical (unpaired) electrons. The highest BCUT2D eigenvalue weighted by molar-refractivity contribution is 7.91. The van der Waals surface area contributed by atoms with Gasteiger partial charge in [-0.2, -0.15) is 0 Å². The van der Waals surface area contributed by atoms with E-state index >= 15 is 0 Å². The van der Waals surface area contributed by atoms with Crippen molar-refractivity contribution in [3.8, 4) is 0 Å². The minimum Gasteiger partial charge on any atom is -0.315 e. The maximum atomic E-state index is 11.8. The number of nitrogens with one attached hydrogen (secondary N) is 1. The van der Waals surface area contributed by atoms with Crippen molar-refractivity contribution >= 4 is 9.84 Å². The number of fused-ring (bicyclic) bond motifs is 1. The van der Waals surface area contributed by atoms with Gasteiger partial charge in [0.25, 0.3) is 0 Å². The normalized spacial score (nSPS) is 36.1. The van der Waals surface area contributed by atoms with Gasteiger partial charge in [0.2, 0.25) is 0 Å². The number of hydrogen-bond donors (Lipinski definition) is 1. The van der Waals surface area contributed by atoms with Crippen LogP contribution in [0.3, 0.4) is 0 Å². The van der Waals surface area contributed by atoms with E-state index in [-0.39, 0.29) is 11.3 Å². The summed E-state index contributed by atoms with van der Waals surface area (Å²) in [5.74, 6) is 0.899. The fourth-order valence-corrected chi connectivity index (χ4v) is 5.60. The molecule has 1 N–H and O–H groups in total. The van der Waals surface area contributed by atoms with Gasteiger partial charge in [0.1, 0.15) is 0 Å². The zero-order valence-corrected chi connectivity index (χ0v) is 9.83. The Balaban J connectivity index is 2.10. The van der Waals surface area contributed by atoms with Gasteiger partial charge in [0.15, 0.2) is 9.84 Å². The van der Waals surface area contributed by atoms with Crippen molar-refractivity contribution in [1.29, 1.82) is 0 Å². The summed E-state index contributed by atoms with van der Waals surface area (Å²) in [5, 5.41) is 3.34. The molecule has 2 saturated heterocycles. The number of benzene rings is 1. The Labute approximate surface area is 95.8 Å². The highest BCUT2D eigenvalue weighted by Gasteiger charge is 2.53. The van der Waals surface area contributed by atoms with Gasteiger partial charge in [-0.05, 0) is 18.0 Å². The van der Waals surface area contributed by atoms with Crippen LogP contribution in [0.25, 0.3) is 0 Å². The van der Waals surface area contributed by atoms with Crippen molar-refractivity contribution in [2.45, 2.75) is 5.41 Å². The van der Waals surface area contributed by atoms with Crippen LogP contribution >= 0.6 is 0 Å². The minimum atomic E-state index is -2.85. The lowest BCUT2D eigenvalue weighted by Crippen LogP contribution is -2.35. The van der Waals surface area contributed by atoms with Gasteiger partial charge in [0.05, 0.1) is 11.5 Å². The summed E-state index contributed by atoms with van der Waals surface area (Å²) >= 11 is 0. The van der Waals surface area contributed by atoms with E-state index in [1.807, 2.05) is 18.2 Å². The fraction of sp³-hybridized carbons (Fsp3) is 0.500. The quantitative estimate of drug-likeness (QED) is 0.777. The van der Waals surface area contributed by atoms with E-state index in [1.165, 1.54) is 5.56 Å². The second-order valence-electron chi connectivity index (χ2n) is 4.90. The van der Waals surface area contributed by atoms with Crippen LogP contribution in [0.2, 0.25) is 0 Å². The van der Waals surface area contributed by atoms with E-state index in [4.69, 9.17) is 0 Å². The van der Waals surface area contributed by atoms with Gasteiger partial charge in [-0.25, -0.2) is 8.42 Å². The van der Waals surface area contributed by atoms with Crippen LogP contribution in [0.4, 0.5) is 0 Å². The molecule has 2 unspecified atom stereocenters. The van der Waals surface area contributed by atoms with Crippen molar-refractivity contribution in [2.75, 3.05) is 24.6 Å². The molecule has 0 bridgehead atoms. The molecule has 86 valence electrons. The minimum absolute atomic E-state index is 0.167. The van der Waals surface area contributed by atoms with Crippen LogP contribution in [0.5, 0.6) is 0 Å². The average molecular weight is 237 g/mol. The summed E-state index contributed by atoms with van der Waals surface area (Å²) in [6.45, 7) is 1.62. The monoisotopic (exact) mass is 237 g/mol. The second-order valence-corrected chi connectivity index (χ2v) is 7.01. The standard InChI is InChI=1S/C12H15NO2S/c14-16(15)7-11-6-13-8-12(11,9-16)10-4-2-1-3-5-10/h1-5,11,13H,6-9H2. The van der Waals surface area contributed by atoms with Crippen LogP contribution in [-0.2, 0) is 15.3 Å². The largest absolute Gasteiger partial charge is 0.315 e. The summed E-state index contributed by atoms with van der Waals surface area (Å²) in [7, 11) is -2.85. The lowest BCUT2D eigenvalue weighted by atomic mass is 9.75. The van der Waals surface area contributed by atoms with Gasteiger partial charge in [-0.1, -0.05) is 30.3 Å². The molecule has 2 fully saturated rings. The lowest BCUT2D eigenvalue weighted by Gasteiger charge is -2.27. The molecule has 3 nitrogen and oxygen atoms in total. The van der Waals surface area contributed by atoms with E-state index in [0.717, 1.165) is 13.1 Å². The van der Waals surface area contributed by atoms with Gasteiger partial charge in [-0.15, -0.1) is 0 Å². The zero-order chi connectivity index (χ0) is 11.2.